The van der Waals surface area contributed by atoms with E-state index in [0.717, 1.165) is 17.3 Å². The van der Waals surface area contributed by atoms with Crippen molar-refractivity contribution < 1.29 is 9.50 Å². The fraction of sp³-hybridized carbons (Fsp3) is 0.538. The lowest BCUT2D eigenvalue weighted by Gasteiger charge is -2.21. The van der Waals surface area contributed by atoms with Crippen LogP contribution in [0.25, 0.3) is 0 Å². The Morgan fingerprint density at radius 1 is 1.53 bits per heavy atom. The van der Waals surface area contributed by atoms with E-state index in [2.05, 4.69) is 15.9 Å². The van der Waals surface area contributed by atoms with Gasteiger partial charge in [-0.05, 0) is 37.9 Å². The number of rotatable bonds is 5. The molecule has 1 unspecified atom stereocenters. The average Bonchev–Trinajstić information content (AvgIpc) is 3.07. The third-order valence-corrected chi connectivity index (χ3v) is 3.90. The summed E-state index contributed by atoms with van der Waals surface area (Å²) in [5.41, 5.74) is 0.651. The van der Waals surface area contributed by atoms with Crippen molar-refractivity contribution in [3.63, 3.8) is 0 Å². The molecular weight excluding hydrogens is 285 g/mol. The van der Waals surface area contributed by atoms with Crippen LogP contribution in [-0.4, -0.2) is 29.7 Å². The van der Waals surface area contributed by atoms with E-state index in [1.807, 2.05) is 18.0 Å². The summed E-state index contributed by atoms with van der Waals surface area (Å²) in [6.45, 7) is 1.11. The van der Waals surface area contributed by atoms with E-state index in [9.17, 15) is 9.50 Å². The quantitative estimate of drug-likeness (QED) is 0.904. The molecule has 1 aromatic rings. The number of aliphatic hydroxyl groups is 1. The third kappa shape index (κ3) is 3.50. The van der Waals surface area contributed by atoms with Gasteiger partial charge in [0.05, 0.1) is 6.10 Å². The first-order chi connectivity index (χ1) is 8.08. The SMILES string of the molecule is CN(Cc1c(F)cccc1Br)CC(O)C1CC1. The first-order valence-corrected chi connectivity index (χ1v) is 6.66. The zero-order chi connectivity index (χ0) is 12.4. The number of aliphatic hydroxyl groups excluding tert-OH is 1. The largest absolute Gasteiger partial charge is 0.392 e. The molecule has 0 amide bonds. The van der Waals surface area contributed by atoms with Gasteiger partial charge in [-0.1, -0.05) is 22.0 Å². The van der Waals surface area contributed by atoms with Crippen LogP contribution < -0.4 is 0 Å². The maximum atomic E-state index is 13.6. The summed E-state index contributed by atoms with van der Waals surface area (Å²) in [6.07, 6.45) is 1.97. The summed E-state index contributed by atoms with van der Waals surface area (Å²) in [7, 11) is 1.91. The highest BCUT2D eigenvalue weighted by atomic mass is 79.9. The summed E-state index contributed by atoms with van der Waals surface area (Å²) < 4.78 is 14.4. The van der Waals surface area contributed by atoms with Crippen molar-refractivity contribution in [3.05, 3.63) is 34.1 Å². The van der Waals surface area contributed by atoms with Gasteiger partial charge in [0.25, 0.3) is 0 Å². The standard InChI is InChI=1S/C13H17BrFNO/c1-16(8-13(17)9-5-6-9)7-10-11(14)3-2-4-12(10)15/h2-4,9,13,17H,5-8H2,1H3. The Morgan fingerprint density at radius 3 is 2.82 bits per heavy atom. The molecule has 1 aliphatic rings. The number of hydrogen-bond donors (Lipinski definition) is 1. The van der Waals surface area contributed by atoms with Gasteiger partial charge in [-0.3, -0.25) is 4.90 Å². The molecule has 17 heavy (non-hydrogen) atoms. The van der Waals surface area contributed by atoms with E-state index in [0.29, 0.717) is 24.6 Å². The van der Waals surface area contributed by atoms with Crippen LogP contribution in [0.3, 0.4) is 0 Å². The van der Waals surface area contributed by atoms with Crippen LogP contribution >= 0.6 is 15.9 Å². The lowest BCUT2D eigenvalue weighted by atomic mass is 10.2. The first-order valence-electron chi connectivity index (χ1n) is 5.87. The van der Waals surface area contributed by atoms with Gasteiger partial charge in [0.1, 0.15) is 5.82 Å². The van der Waals surface area contributed by atoms with Crippen molar-refractivity contribution in [2.24, 2.45) is 5.92 Å². The Labute approximate surface area is 110 Å². The molecule has 1 aromatic carbocycles. The van der Waals surface area contributed by atoms with Gasteiger partial charge in [-0.15, -0.1) is 0 Å². The smallest absolute Gasteiger partial charge is 0.128 e. The molecule has 0 aromatic heterocycles. The molecule has 4 heteroatoms. The molecule has 1 atom stereocenters. The number of likely N-dealkylation sites (N-methyl/N-ethyl adjacent to an activating group) is 1. The topological polar surface area (TPSA) is 23.5 Å². The maximum absolute atomic E-state index is 13.6. The highest BCUT2D eigenvalue weighted by molar-refractivity contribution is 9.10. The van der Waals surface area contributed by atoms with Crippen LogP contribution in [0.4, 0.5) is 4.39 Å². The average molecular weight is 302 g/mol. The molecule has 2 rings (SSSR count). The monoisotopic (exact) mass is 301 g/mol. The highest BCUT2D eigenvalue weighted by Crippen LogP contribution is 2.33. The zero-order valence-corrected chi connectivity index (χ0v) is 11.5. The molecule has 1 saturated carbocycles. The Kier molecular flexibility index (Phi) is 4.17. The van der Waals surface area contributed by atoms with E-state index in [1.54, 1.807) is 6.07 Å². The molecule has 0 bridgehead atoms. The highest BCUT2D eigenvalue weighted by Gasteiger charge is 2.30. The summed E-state index contributed by atoms with van der Waals surface area (Å²) in [6, 6.07) is 4.98. The zero-order valence-electron chi connectivity index (χ0n) is 9.87. The van der Waals surface area contributed by atoms with Crippen molar-refractivity contribution in [1.29, 1.82) is 0 Å². The van der Waals surface area contributed by atoms with Crippen LogP contribution in [0.15, 0.2) is 22.7 Å². The Morgan fingerprint density at radius 2 is 2.24 bits per heavy atom. The van der Waals surface area contributed by atoms with Gasteiger partial charge in [0.2, 0.25) is 0 Å². The van der Waals surface area contributed by atoms with Crippen LogP contribution in [0, 0.1) is 11.7 Å². The van der Waals surface area contributed by atoms with Crippen LogP contribution in [0.2, 0.25) is 0 Å². The minimum absolute atomic E-state index is 0.202. The molecule has 0 spiro atoms. The molecule has 94 valence electrons. The summed E-state index contributed by atoms with van der Waals surface area (Å²) in [4.78, 5) is 1.96. The molecular formula is C13H17BrFNO. The number of hydrogen-bond acceptors (Lipinski definition) is 2. The molecule has 0 heterocycles. The van der Waals surface area contributed by atoms with E-state index >= 15 is 0 Å². The van der Waals surface area contributed by atoms with Crippen molar-refractivity contribution in [2.45, 2.75) is 25.5 Å². The maximum Gasteiger partial charge on any atom is 0.128 e. The second-order valence-corrected chi connectivity index (χ2v) is 5.66. The first kappa shape index (κ1) is 13.0. The molecule has 1 N–H and O–H groups in total. The lowest BCUT2D eigenvalue weighted by Crippen LogP contribution is -2.30. The Balaban J connectivity index is 1.94. The summed E-state index contributed by atoms with van der Waals surface area (Å²) in [5.74, 6) is 0.258. The normalized spacial score (nSPS) is 17.5. The fourth-order valence-corrected chi connectivity index (χ4v) is 2.43. The Bertz CT molecular complexity index is 375. The van der Waals surface area contributed by atoms with E-state index < -0.39 is 0 Å². The fourth-order valence-electron chi connectivity index (χ4n) is 1.97. The predicted octanol–water partition coefficient (Wildman–Crippen LogP) is 2.79. The van der Waals surface area contributed by atoms with E-state index in [1.165, 1.54) is 6.07 Å². The molecule has 0 aliphatic heterocycles. The van der Waals surface area contributed by atoms with Gasteiger partial charge in [-0.2, -0.15) is 0 Å². The van der Waals surface area contributed by atoms with Crippen LogP contribution in [-0.2, 0) is 6.54 Å². The van der Waals surface area contributed by atoms with Gasteiger partial charge in [0.15, 0.2) is 0 Å². The second-order valence-electron chi connectivity index (χ2n) is 4.80. The lowest BCUT2D eigenvalue weighted by molar-refractivity contribution is 0.103. The van der Waals surface area contributed by atoms with E-state index in [4.69, 9.17) is 0 Å². The number of benzene rings is 1. The van der Waals surface area contributed by atoms with Crippen molar-refractivity contribution >= 4 is 15.9 Å². The van der Waals surface area contributed by atoms with Gasteiger partial charge < -0.3 is 5.11 Å². The number of nitrogens with zero attached hydrogens (tertiary/aromatic N) is 1. The van der Waals surface area contributed by atoms with Crippen molar-refractivity contribution in [2.75, 3.05) is 13.6 Å². The molecule has 1 fully saturated rings. The molecule has 2 nitrogen and oxygen atoms in total. The van der Waals surface area contributed by atoms with Gasteiger partial charge in [0, 0.05) is 23.1 Å². The Hall–Kier alpha value is -0.450. The van der Waals surface area contributed by atoms with Crippen LogP contribution in [0.1, 0.15) is 18.4 Å². The van der Waals surface area contributed by atoms with Crippen molar-refractivity contribution in [3.8, 4) is 0 Å². The minimum Gasteiger partial charge on any atom is -0.392 e. The van der Waals surface area contributed by atoms with Gasteiger partial charge >= 0.3 is 0 Å². The van der Waals surface area contributed by atoms with Crippen LogP contribution in [0.5, 0.6) is 0 Å². The molecule has 0 saturated heterocycles. The van der Waals surface area contributed by atoms with Gasteiger partial charge in [-0.25, -0.2) is 4.39 Å². The minimum atomic E-state index is -0.273. The predicted molar refractivity (Wildman–Crippen MR) is 69.2 cm³/mol. The van der Waals surface area contributed by atoms with Crippen molar-refractivity contribution in [1.82, 2.24) is 4.90 Å². The molecule has 1 aliphatic carbocycles. The second kappa shape index (κ2) is 5.46. The van der Waals surface area contributed by atoms with E-state index in [-0.39, 0.29) is 11.9 Å². The number of halogens is 2. The third-order valence-electron chi connectivity index (χ3n) is 3.15. The summed E-state index contributed by atoms with van der Waals surface area (Å²) in [5, 5.41) is 9.83. The molecule has 0 radical (unpaired) electrons. The summed E-state index contributed by atoms with van der Waals surface area (Å²) >= 11 is 3.35.